The molecule has 0 heterocycles. The number of para-hydroxylation sites is 1. The first-order chi connectivity index (χ1) is 7.59. The number of benzene rings is 2. The molecule has 0 aliphatic heterocycles. The Bertz CT molecular complexity index is 446. The summed E-state index contributed by atoms with van der Waals surface area (Å²) in [4.78, 5) is 0. The fourth-order valence-corrected chi connectivity index (χ4v) is 0.951. The van der Waals surface area contributed by atoms with Crippen molar-refractivity contribution in [1.82, 2.24) is 0 Å². The number of hydrogen-bond acceptors (Lipinski definition) is 3. The summed E-state index contributed by atoms with van der Waals surface area (Å²) in [6.45, 7) is 0. The van der Waals surface area contributed by atoms with E-state index in [0.717, 1.165) is 6.07 Å². The Hall–Kier alpha value is -2.23. The van der Waals surface area contributed by atoms with Crippen molar-refractivity contribution >= 4 is 5.69 Å². The number of nitrogens with two attached hydrogens (primary N) is 1. The number of rotatable bonds is 0. The molecule has 0 radical (unpaired) electrons. The molecule has 0 aliphatic carbocycles. The molecule has 2 aromatic carbocycles. The average Bonchev–Trinajstić information content (AvgIpc) is 2.26. The molecular weight excluding hydrogens is 209 g/mol. The molecule has 0 fully saturated rings. The van der Waals surface area contributed by atoms with E-state index in [9.17, 15) is 4.39 Å². The molecule has 0 atom stereocenters. The topological polar surface area (TPSA) is 66.5 Å². The van der Waals surface area contributed by atoms with E-state index < -0.39 is 5.82 Å². The Morgan fingerprint density at radius 3 is 1.94 bits per heavy atom. The summed E-state index contributed by atoms with van der Waals surface area (Å²) in [7, 11) is 0. The van der Waals surface area contributed by atoms with Crippen LogP contribution in [0.4, 0.5) is 10.1 Å². The number of phenols is 2. The Kier molecular flexibility index (Phi) is 4.15. The van der Waals surface area contributed by atoms with Crippen LogP contribution in [0.25, 0.3) is 0 Å². The van der Waals surface area contributed by atoms with Gasteiger partial charge < -0.3 is 15.9 Å². The monoisotopic (exact) mass is 221 g/mol. The maximum Gasteiger partial charge on any atom is 0.166 e. The highest BCUT2D eigenvalue weighted by Gasteiger charge is 1.96. The molecule has 0 aliphatic rings. The van der Waals surface area contributed by atoms with Gasteiger partial charge in [-0.1, -0.05) is 18.2 Å². The number of hydrogen-bond donors (Lipinski definition) is 3. The van der Waals surface area contributed by atoms with Crippen molar-refractivity contribution in [2.75, 3.05) is 5.73 Å². The highest BCUT2D eigenvalue weighted by molar-refractivity contribution is 5.42. The van der Waals surface area contributed by atoms with Crippen LogP contribution in [0, 0.1) is 5.82 Å². The van der Waals surface area contributed by atoms with Gasteiger partial charge in [-0.15, -0.1) is 0 Å². The van der Waals surface area contributed by atoms with Crippen LogP contribution in [-0.2, 0) is 0 Å². The van der Waals surface area contributed by atoms with Gasteiger partial charge in [0.2, 0.25) is 0 Å². The minimum atomic E-state index is -0.685. The summed E-state index contributed by atoms with van der Waals surface area (Å²) < 4.78 is 12.2. The van der Waals surface area contributed by atoms with Gasteiger partial charge in [0.1, 0.15) is 5.75 Å². The molecule has 84 valence electrons. The van der Waals surface area contributed by atoms with Gasteiger partial charge in [0, 0.05) is 11.8 Å². The van der Waals surface area contributed by atoms with Gasteiger partial charge in [-0.25, -0.2) is 4.39 Å². The number of phenolic OH excluding ortho intramolecular Hbond substituents is 2. The van der Waals surface area contributed by atoms with Crippen molar-refractivity contribution in [2.45, 2.75) is 0 Å². The molecule has 0 saturated carbocycles. The third kappa shape index (κ3) is 3.88. The van der Waals surface area contributed by atoms with Crippen LogP contribution in [-0.4, -0.2) is 10.2 Å². The van der Waals surface area contributed by atoms with Crippen molar-refractivity contribution in [3.63, 3.8) is 0 Å². The smallest absolute Gasteiger partial charge is 0.166 e. The van der Waals surface area contributed by atoms with Crippen LogP contribution in [0.1, 0.15) is 0 Å². The van der Waals surface area contributed by atoms with E-state index in [2.05, 4.69) is 0 Å². The maximum absolute atomic E-state index is 12.2. The summed E-state index contributed by atoms with van der Waals surface area (Å²) in [6.07, 6.45) is 0. The van der Waals surface area contributed by atoms with E-state index in [1.807, 2.05) is 6.07 Å². The number of anilines is 1. The molecule has 16 heavy (non-hydrogen) atoms. The second-order valence-electron chi connectivity index (χ2n) is 3.05. The van der Waals surface area contributed by atoms with Gasteiger partial charge in [-0.2, -0.15) is 0 Å². The van der Waals surface area contributed by atoms with E-state index in [0.29, 0.717) is 11.4 Å². The first-order valence-electron chi connectivity index (χ1n) is 4.57. The summed E-state index contributed by atoms with van der Waals surface area (Å²) in [5.74, 6) is -0.735. The molecule has 0 amide bonds. The Morgan fingerprint density at radius 2 is 1.56 bits per heavy atom. The minimum absolute atomic E-state index is 0.310. The molecule has 4 N–H and O–H groups in total. The van der Waals surface area contributed by atoms with Gasteiger partial charge in [-0.05, 0) is 24.3 Å². The van der Waals surface area contributed by atoms with Crippen LogP contribution in [0.5, 0.6) is 11.5 Å². The summed E-state index contributed by atoms with van der Waals surface area (Å²) in [6, 6.07) is 12.4. The van der Waals surface area contributed by atoms with E-state index in [4.69, 9.17) is 15.9 Å². The van der Waals surface area contributed by atoms with Crippen molar-refractivity contribution in [2.24, 2.45) is 0 Å². The largest absolute Gasteiger partial charge is 0.508 e. The van der Waals surface area contributed by atoms with E-state index in [1.54, 1.807) is 24.3 Å². The van der Waals surface area contributed by atoms with Crippen LogP contribution >= 0.6 is 0 Å². The number of nitrogen functional groups attached to an aromatic ring is 1. The molecule has 4 heteroatoms. The molecule has 0 saturated heterocycles. The van der Waals surface area contributed by atoms with Crippen LogP contribution in [0.3, 0.4) is 0 Å². The lowest BCUT2D eigenvalue weighted by Crippen LogP contribution is -1.84. The lowest BCUT2D eigenvalue weighted by Gasteiger charge is -1.93. The molecule has 0 aromatic heterocycles. The van der Waals surface area contributed by atoms with E-state index >= 15 is 0 Å². The average molecular weight is 221 g/mol. The Balaban J connectivity index is 0.000000165. The standard InChI is InChI=1S/C6H6FNO.C6H6O/c7-5-3-4(8)1-2-6(5)9;7-6-4-2-1-3-5-6/h1-3,9H,8H2;1-5,7H. The normalized spacial score (nSPS) is 9.06. The first kappa shape index (κ1) is 11.8. The molecule has 2 rings (SSSR count). The summed E-state index contributed by atoms with van der Waals surface area (Å²) in [5.41, 5.74) is 5.49. The fourth-order valence-electron chi connectivity index (χ4n) is 0.951. The van der Waals surface area contributed by atoms with Crippen LogP contribution in [0.15, 0.2) is 48.5 Å². The zero-order valence-electron chi connectivity index (χ0n) is 8.47. The zero-order valence-corrected chi connectivity index (χ0v) is 8.47. The van der Waals surface area contributed by atoms with Gasteiger partial charge >= 0.3 is 0 Å². The van der Waals surface area contributed by atoms with E-state index in [1.165, 1.54) is 12.1 Å². The number of halogens is 1. The molecule has 0 spiro atoms. The Morgan fingerprint density at radius 1 is 0.938 bits per heavy atom. The number of aromatic hydroxyl groups is 2. The van der Waals surface area contributed by atoms with Crippen molar-refractivity contribution < 1.29 is 14.6 Å². The molecular formula is C12H12FNO2. The third-order valence-corrected chi connectivity index (χ3v) is 1.73. The lowest BCUT2D eigenvalue weighted by atomic mass is 10.3. The predicted octanol–water partition coefficient (Wildman–Crippen LogP) is 2.51. The minimum Gasteiger partial charge on any atom is -0.508 e. The lowest BCUT2D eigenvalue weighted by molar-refractivity contribution is 0.432. The van der Waals surface area contributed by atoms with Gasteiger partial charge in [0.15, 0.2) is 11.6 Å². The molecule has 2 aromatic rings. The van der Waals surface area contributed by atoms with Gasteiger partial charge in [0.05, 0.1) is 0 Å². The van der Waals surface area contributed by atoms with Crippen molar-refractivity contribution in [1.29, 1.82) is 0 Å². The molecule has 3 nitrogen and oxygen atoms in total. The Labute approximate surface area is 92.6 Å². The summed E-state index contributed by atoms with van der Waals surface area (Å²) in [5, 5.41) is 17.2. The van der Waals surface area contributed by atoms with Crippen molar-refractivity contribution in [3.05, 3.63) is 54.3 Å². The summed E-state index contributed by atoms with van der Waals surface area (Å²) >= 11 is 0. The maximum atomic E-state index is 12.2. The van der Waals surface area contributed by atoms with Crippen molar-refractivity contribution in [3.8, 4) is 11.5 Å². The van der Waals surface area contributed by atoms with Crippen LogP contribution in [0.2, 0.25) is 0 Å². The fraction of sp³-hybridized carbons (Fsp3) is 0. The van der Waals surface area contributed by atoms with E-state index in [-0.39, 0.29) is 5.75 Å². The van der Waals surface area contributed by atoms with Crippen LogP contribution < -0.4 is 5.73 Å². The van der Waals surface area contributed by atoms with Gasteiger partial charge in [0.25, 0.3) is 0 Å². The van der Waals surface area contributed by atoms with Gasteiger partial charge in [-0.3, -0.25) is 0 Å². The highest BCUT2D eigenvalue weighted by Crippen LogP contribution is 2.16. The SMILES string of the molecule is Nc1ccc(O)c(F)c1.Oc1ccccc1. The predicted molar refractivity (Wildman–Crippen MR) is 60.6 cm³/mol. The second kappa shape index (κ2) is 5.60. The molecule has 0 bridgehead atoms. The quantitative estimate of drug-likeness (QED) is 0.473. The first-order valence-corrected chi connectivity index (χ1v) is 4.57. The second-order valence-corrected chi connectivity index (χ2v) is 3.05. The molecule has 0 unspecified atom stereocenters. The highest BCUT2D eigenvalue weighted by atomic mass is 19.1. The zero-order chi connectivity index (χ0) is 12.0. The third-order valence-electron chi connectivity index (χ3n) is 1.73.